The van der Waals surface area contributed by atoms with Crippen molar-refractivity contribution in [1.82, 2.24) is 24.7 Å². The van der Waals surface area contributed by atoms with Crippen molar-refractivity contribution in [1.29, 1.82) is 0 Å². The molecule has 7 nitrogen and oxygen atoms in total. The Balaban J connectivity index is 1.70. The van der Waals surface area contributed by atoms with Gasteiger partial charge in [0.05, 0.1) is 6.33 Å². The molecule has 1 aromatic heterocycles. The Labute approximate surface area is 149 Å². The lowest BCUT2D eigenvalue weighted by Gasteiger charge is -2.48. The molecule has 1 spiro atoms. The third-order valence-electron chi connectivity index (χ3n) is 5.55. The quantitative estimate of drug-likeness (QED) is 0.886. The van der Waals surface area contributed by atoms with Crippen LogP contribution in [0.5, 0.6) is 0 Å². The zero-order valence-corrected chi connectivity index (χ0v) is 15.5. The van der Waals surface area contributed by atoms with Crippen molar-refractivity contribution in [2.45, 2.75) is 32.6 Å². The van der Waals surface area contributed by atoms with Crippen LogP contribution in [0.15, 0.2) is 6.33 Å². The fourth-order valence-electron chi connectivity index (χ4n) is 4.07. The van der Waals surface area contributed by atoms with Crippen LogP contribution in [0, 0.1) is 12.3 Å². The van der Waals surface area contributed by atoms with E-state index in [2.05, 4.69) is 14.9 Å². The molecular formula is C18H29N5O2. The first kappa shape index (κ1) is 17.9. The minimum Gasteiger partial charge on any atom is -0.348 e. The fourth-order valence-corrected chi connectivity index (χ4v) is 4.07. The topological polar surface area (TPSA) is 72.5 Å². The highest BCUT2D eigenvalue weighted by atomic mass is 16.2. The van der Waals surface area contributed by atoms with E-state index in [1.54, 1.807) is 6.33 Å². The van der Waals surface area contributed by atoms with E-state index < -0.39 is 0 Å². The molecule has 0 aromatic carbocycles. The van der Waals surface area contributed by atoms with Crippen molar-refractivity contribution in [3.8, 4) is 0 Å². The standard InChI is InChI=1S/C18H29N5O2/c1-14-16(20-13-19-14)17(25)23-8-4-6-18(12-23)7-5-15(24)22(11-18)10-9-21(2)3/h13H,4-12H2,1-3H3,(H,19,20)/t18-/m1/s1. The van der Waals surface area contributed by atoms with E-state index in [4.69, 9.17) is 0 Å². The van der Waals surface area contributed by atoms with Crippen LogP contribution >= 0.6 is 0 Å². The number of carbonyl (C=O) groups excluding carboxylic acids is 2. The molecule has 0 saturated carbocycles. The summed E-state index contributed by atoms with van der Waals surface area (Å²) < 4.78 is 0. The molecule has 1 aromatic rings. The molecular weight excluding hydrogens is 318 g/mol. The largest absolute Gasteiger partial charge is 0.348 e. The molecule has 0 radical (unpaired) electrons. The minimum atomic E-state index is 0.00886. The number of aryl methyl sites for hydroxylation is 1. The Morgan fingerprint density at radius 1 is 1.36 bits per heavy atom. The summed E-state index contributed by atoms with van der Waals surface area (Å²) in [5.41, 5.74) is 1.38. The molecule has 3 heterocycles. The van der Waals surface area contributed by atoms with E-state index >= 15 is 0 Å². The Morgan fingerprint density at radius 2 is 2.16 bits per heavy atom. The zero-order valence-electron chi connectivity index (χ0n) is 15.5. The summed E-state index contributed by atoms with van der Waals surface area (Å²) in [7, 11) is 4.05. The maximum atomic E-state index is 12.8. The highest BCUT2D eigenvalue weighted by Gasteiger charge is 2.43. The third-order valence-corrected chi connectivity index (χ3v) is 5.55. The van der Waals surface area contributed by atoms with Gasteiger partial charge in [0.25, 0.3) is 5.91 Å². The predicted octanol–water partition coefficient (Wildman–Crippen LogP) is 1.12. The van der Waals surface area contributed by atoms with Gasteiger partial charge in [0.15, 0.2) is 0 Å². The maximum Gasteiger partial charge on any atom is 0.274 e. The molecule has 2 amide bonds. The Kier molecular flexibility index (Phi) is 5.13. The SMILES string of the molecule is Cc1[nH]cnc1C(=O)N1CCC[C@]2(CCC(=O)N(CCN(C)C)C2)C1. The van der Waals surface area contributed by atoms with Crippen LogP contribution < -0.4 is 0 Å². The van der Waals surface area contributed by atoms with Crippen molar-refractivity contribution in [3.05, 3.63) is 17.7 Å². The summed E-state index contributed by atoms with van der Waals surface area (Å²) in [6.45, 7) is 5.78. The van der Waals surface area contributed by atoms with Gasteiger partial charge in [-0.1, -0.05) is 0 Å². The first-order valence-corrected chi connectivity index (χ1v) is 9.12. The minimum absolute atomic E-state index is 0.00886. The zero-order chi connectivity index (χ0) is 18.0. The molecule has 3 rings (SSSR count). The molecule has 0 bridgehead atoms. The summed E-state index contributed by atoms with van der Waals surface area (Å²) in [5.74, 6) is 0.258. The van der Waals surface area contributed by atoms with E-state index in [0.29, 0.717) is 12.1 Å². The van der Waals surface area contributed by atoms with Crippen molar-refractivity contribution in [3.63, 3.8) is 0 Å². The number of likely N-dealkylation sites (tertiary alicyclic amines) is 2. The van der Waals surface area contributed by atoms with Gasteiger partial charge in [-0.3, -0.25) is 9.59 Å². The van der Waals surface area contributed by atoms with Crippen molar-refractivity contribution in [2.24, 2.45) is 5.41 Å². The molecule has 25 heavy (non-hydrogen) atoms. The van der Waals surface area contributed by atoms with E-state index in [-0.39, 0.29) is 17.2 Å². The number of aromatic nitrogens is 2. The molecule has 2 saturated heterocycles. The number of imidazole rings is 1. The molecule has 2 aliphatic rings. The van der Waals surface area contributed by atoms with E-state index in [1.807, 2.05) is 30.8 Å². The van der Waals surface area contributed by atoms with Crippen molar-refractivity contribution in [2.75, 3.05) is 46.8 Å². The van der Waals surface area contributed by atoms with Crippen LogP contribution in [0.3, 0.4) is 0 Å². The Morgan fingerprint density at radius 3 is 2.84 bits per heavy atom. The van der Waals surface area contributed by atoms with E-state index in [1.165, 1.54) is 0 Å². The molecule has 7 heteroatoms. The van der Waals surface area contributed by atoms with Gasteiger partial charge in [-0.15, -0.1) is 0 Å². The fraction of sp³-hybridized carbons (Fsp3) is 0.722. The molecule has 1 atom stereocenters. The molecule has 2 fully saturated rings. The number of rotatable bonds is 4. The number of aromatic amines is 1. The summed E-state index contributed by atoms with van der Waals surface area (Å²) in [6, 6.07) is 0. The van der Waals surface area contributed by atoms with Crippen LogP contribution in [0.2, 0.25) is 0 Å². The van der Waals surface area contributed by atoms with Gasteiger partial charge in [-0.05, 0) is 40.3 Å². The van der Waals surface area contributed by atoms with Crippen LogP contribution in [0.4, 0.5) is 0 Å². The number of amides is 2. The molecule has 0 unspecified atom stereocenters. The van der Waals surface area contributed by atoms with E-state index in [0.717, 1.165) is 57.7 Å². The second-order valence-electron chi connectivity index (χ2n) is 7.82. The van der Waals surface area contributed by atoms with Crippen LogP contribution in [0.25, 0.3) is 0 Å². The van der Waals surface area contributed by atoms with Gasteiger partial charge in [0, 0.05) is 50.3 Å². The van der Waals surface area contributed by atoms with Crippen LogP contribution in [0.1, 0.15) is 41.9 Å². The lowest BCUT2D eigenvalue weighted by atomic mass is 9.73. The Hall–Kier alpha value is -1.89. The molecule has 2 aliphatic heterocycles. The number of likely N-dealkylation sites (N-methyl/N-ethyl adjacent to an activating group) is 1. The highest BCUT2D eigenvalue weighted by molar-refractivity contribution is 5.93. The number of carbonyl (C=O) groups is 2. The first-order chi connectivity index (χ1) is 11.9. The van der Waals surface area contributed by atoms with Gasteiger partial charge in [0.2, 0.25) is 5.91 Å². The average molecular weight is 347 g/mol. The summed E-state index contributed by atoms with van der Waals surface area (Å²) in [6.07, 6.45) is 5.13. The van der Waals surface area contributed by atoms with Crippen molar-refractivity contribution < 1.29 is 9.59 Å². The maximum absolute atomic E-state index is 12.8. The Bertz CT molecular complexity index is 641. The third kappa shape index (κ3) is 3.86. The molecule has 0 aliphatic carbocycles. The van der Waals surface area contributed by atoms with Crippen LogP contribution in [-0.4, -0.2) is 83.3 Å². The van der Waals surface area contributed by atoms with Crippen molar-refractivity contribution >= 4 is 11.8 Å². The number of piperidine rings is 2. The van der Waals surface area contributed by atoms with Gasteiger partial charge >= 0.3 is 0 Å². The summed E-state index contributed by atoms with van der Waals surface area (Å²) in [5, 5.41) is 0. The van der Waals surface area contributed by atoms with Crippen LogP contribution in [-0.2, 0) is 4.79 Å². The highest BCUT2D eigenvalue weighted by Crippen LogP contribution is 2.39. The summed E-state index contributed by atoms with van der Waals surface area (Å²) >= 11 is 0. The second kappa shape index (κ2) is 7.15. The van der Waals surface area contributed by atoms with Gasteiger partial charge in [-0.25, -0.2) is 4.98 Å². The number of hydrogen-bond donors (Lipinski definition) is 1. The molecule has 138 valence electrons. The monoisotopic (exact) mass is 347 g/mol. The van der Waals surface area contributed by atoms with E-state index in [9.17, 15) is 9.59 Å². The smallest absolute Gasteiger partial charge is 0.274 e. The van der Waals surface area contributed by atoms with Gasteiger partial charge < -0.3 is 19.7 Å². The predicted molar refractivity (Wildman–Crippen MR) is 95.3 cm³/mol. The second-order valence-corrected chi connectivity index (χ2v) is 7.82. The number of H-pyrrole nitrogens is 1. The number of nitrogens with zero attached hydrogens (tertiary/aromatic N) is 4. The normalized spacial score (nSPS) is 24.4. The first-order valence-electron chi connectivity index (χ1n) is 9.12. The number of nitrogens with one attached hydrogen (secondary N) is 1. The number of hydrogen-bond acceptors (Lipinski definition) is 4. The summed E-state index contributed by atoms with van der Waals surface area (Å²) in [4.78, 5) is 38.3. The van der Waals surface area contributed by atoms with Gasteiger partial charge in [-0.2, -0.15) is 0 Å². The average Bonchev–Trinajstić information content (AvgIpc) is 3.01. The lowest BCUT2D eigenvalue weighted by Crippen LogP contribution is -2.55. The molecule has 1 N–H and O–H groups in total. The van der Waals surface area contributed by atoms with Gasteiger partial charge in [0.1, 0.15) is 5.69 Å². The lowest BCUT2D eigenvalue weighted by molar-refractivity contribution is -0.139.